The third-order valence-electron chi connectivity index (χ3n) is 4.80. The van der Waals surface area contributed by atoms with E-state index in [0.717, 1.165) is 30.9 Å². The molecule has 2 heterocycles. The lowest BCUT2D eigenvalue weighted by Gasteiger charge is -2.16. The van der Waals surface area contributed by atoms with Gasteiger partial charge in [-0.1, -0.05) is 29.4 Å². The number of carbonyl (C=O) groups excluding carboxylic acids is 2. The second-order valence-electron chi connectivity index (χ2n) is 7.21. The predicted octanol–water partition coefficient (Wildman–Crippen LogP) is 2.34. The van der Waals surface area contributed by atoms with Gasteiger partial charge in [-0.05, 0) is 12.1 Å². The summed E-state index contributed by atoms with van der Waals surface area (Å²) in [6.07, 6.45) is -3.89. The van der Waals surface area contributed by atoms with Crippen molar-refractivity contribution in [1.29, 1.82) is 0 Å². The quantitative estimate of drug-likeness (QED) is 0.451. The maximum absolute atomic E-state index is 14.7. The standard InChI is InChI=1S/C20H16ClF4N5O4S/c1-3-4-29-17(33)13(7-15(26)31)35-18(29)27-11-6-12(10(22)5-9(11)21)30-16(32)8-14(20(23,24)25)28(2)19(30)34/h3,5-6,8,13H,1,4,7H2,2H3,(H2,26,31). The highest BCUT2D eigenvalue weighted by molar-refractivity contribution is 8.15. The highest BCUT2D eigenvalue weighted by Gasteiger charge is 2.38. The summed E-state index contributed by atoms with van der Waals surface area (Å²) in [5.41, 5.74) is -0.119. The average Bonchev–Trinajstić information content (AvgIpc) is 3.01. The van der Waals surface area contributed by atoms with Crippen molar-refractivity contribution >= 4 is 46.0 Å². The highest BCUT2D eigenvalue weighted by Crippen LogP contribution is 2.35. The minimum atomic E-state index is -5.00. The van der Waals surface area contributed by atoms with E-state index < -0.39 is 51.7 Å². The molecule has 1 atom stereocenters. The normalized spacial score (nSPS) is 17.3. The monoisotopic (exact) mass is 533 g/mol. The van der Waals surface area contributed by atoms with Gasteiger partial charge in [0, 0.05) is 26.1 Å². The van der Waals surface area contributed by atoms with Crippen LogP contribution in [-0.2, 0) is 22.8 Å². The van der Waals surface area contributed by atoms with Gasteiger partial charge in [0.2, 0.25) is 11.8 Å². The van der Waals surface area contributed by atoms with Gasteiger partial charge in [0.15, 0.2) is 5.17 Å². The molecule has 1 fully saturated rings. The number of halogens is 5. The molecule has 1 aliphatic rings. The highest BCUT2D eigenvalue weighted by atomic mass is 35.5. The van der Waals surface area contributed by atoms with Crippen LogP contribution in [0.4, 0.5) is 23.2 Å². The van der Waals surface area contributed by atoms with E-state index in [2.05, 4.69) is 11.6 Å². The Bertz CT molecular complexity index is 1390. The first kappa shape index (κ1) is 26.2. The Balaban J connectivity index is 2.17. The molecule has 2 N–H and O–H groups in total. The second-order valence-corrected chi connectivity index (χ2v) is 8.78. The van der Waals surface area contributed by atoms with E-state index >= 15 is 0 Å². The lowest BCUT2D eigenvalue weighted by Crippen LogP contribution is -2.41. The molecule has 0 bridgehead atoms. The first-order chi connectivity index (χ1) is 16.3. The zero-order valence-corrected chi connectivity index (χ0v) is 19.4. The number of nitrogens with zero attached hydrogens (tertiary/aromatic N) is 4. The van der Waals surface area contributed by atoms with Crippen molar-refractivity contribution in [2.45, 2.75) is 17.8 Å². The molecule has 1 aromatic heterocycles. The van der Waals surface area contributed by atoms with Crippen LogP contribution < -0.4 is 17.0 Å². The number of benzene rings is 1. The van der Waals surface area contributed by atoms with Gasteiger partial charge in [0.25, 0.3) is 5.56 Å². The summed E-state index contributed by atoms with van der Waals surface area (Å²) in [5.74, 6) is -2.39. The second kappa shape index (κ2) is 9.70. The Hall–Kier alpha value is -3.39. The van der Waals surface area contributed by atoms with E-state index in [4.69, 9.17) is 17.3 Å². The molecule has 0 saturated carbocycles. The summed E-state index contributed by atoms with van der Waals surface area (Å²) in [6, 6.07) is 1.77. The fraction of sp³-hybridized carbons (Fsp3) is 0.250. The van der Waals surface area contributed by atoms with Gasteiger partial charge in [-0.2, -0.15) is 13.2 Å². The number of rotatable bonds is 6. The summed E-state index contributed by atoms with van der Waals surface area (Å²) in [4.78, 5) is 54.2. The van der Waals surface area contributed by atoms with Crippen molar-refractivity contribution < 1.29 is 27.2 Å². The third kappa shape index (κ3) is 5.17. The summed E-state index contributed by atoms with van der Waals surface area (Å²) >= 11 is 6.96. The molecule has 35 heavy (non-hydrogen) atoms. The number of hydrogen-bond acceptors (Lipinski definition) is 6. The predicted molar refractivity (Wildman–Crippen MR) is 121 cm³/mol. The van der Waals surface area contributed by atoms with Crippen LogP contribution >= 0.6 is 23.4 Å². The molecule has 1 aromatic carbocycles. The number of amidine groups is 1. The molecule has 0 radical (unpaired) electrons. The molecule has 186 valence electrons. The van der Waals surface area contributed by atoms with Crippen LogP contribution in [0.25, 0.3) is 5.69 Å². The van der Waals surface area contributed by atoms with Crippen molar-refractivity contribution in [3.8, 4) is 5.69 Å². The molecule has 1 aliphatic heterocycles. The van der Waals surface area contributed by atoms with Crippen molar-refractivity contribution in [3.63, 3.8) is 0 Å². The molecule has 0 aliphatic carbocycles. The Morgan fingerprint density at radius 2 is 1.94 bits per heavy atom. The molecule has 1 unspecified atom stereocenters. The van der Waals surface area contributed by atoms with E-state index in [1.54, 1.807) is 0 Å². The van der Waals surface area contributed by atoms with Crippen LogP contribution in [0.15, 0.2) is 45.4 Å². The number of aliphatic imine (C=N–C) groups is 1. The fourth-order valence-electron chi connectivity index (χ4n) is 3.21. The summed E-state index contributed by atoms with van der Waals surface area (Å²) in [7, 11) is 0.781. The van der Waals surface area contributed by atoms with E-state index in [9.17, 15) is 36.7 Å². The maximum atomic E-state index is 14.7. The lowest BCUT2D eigenvalue weighted by atomic mass is 10.2. The van der Waals surface area contributed by atoms with Crippen LogP contribution in [0.2, 0.25) is 5.02 Å². The fourth-order valence-corrected chi connectivity index (χ4v) is 4.58. The SMILES string of the molecule is C=CCN1C(=O)C(CC(N)=O)SC1=Nc1cc(-n2c(=O)cc(C(F)(F)F)n(C)c2=O)c(F)cc1Cl. The topological polar surface area (TPSA) is 120 Å². The molecule has 15 heteroatoms. The molecule has 9 nitrogen and oxygen atoms in total. The average molecular weight is 534 g/mol. The van der Waals surface area contributed by atoms with Gasteiger partial charge < -0.3 is 5.73 Å². The van der Waals surface area contributed by atoms with Gasteiger partial charge in [-0.25, -0.2) is 18.7 Å². The van der Waals surface area contributed by atoms with Gasteiger partial charge in [-0.3, -0.25) is 23.9 Å². The van der Waals surface area contributed by atoms with Crippen molar-refractivity contribution in [2.24, 2.45) is 17.8 Å². The minimum Gasteiger partial charge on any atom is -0.370 e. The molecule has 1 saturated heterocycles. The smallest absolute Gasteiger partial charge is 0.370 e. The van der Waals surface area contributed by atoms with Gasteiger partial charge in [0.1, 0.15) is 16.8 Å². The van der Waals surface area contributed by atoms with Gasteiger partial charge in [0.05, 0.1) is 16.4 Å². The Morgan fingerprint density at radius 1 is 1.29 bits per heavy atom. The van der Waals surface area contributed by atoms with Gasteiger partial charge in [-0.15, -0.1) is 6.58 Å². The van der Waals surface area contributed by atoms with Gasteiger partial charge >= 0.3 is 11.9 Å². The largest absolute Gasteiger partial charge is 0.431 e. The van der Waals surface area contributed by atoms with E-state index in [1.165, 1.54) is 11.0 Å². The molecule has 0 spiro atoms. The number of amides is 2. The van der Waals surface area contributed by atoms with Crippen molar-refractivity contribution in [2.75, 3.05) is 6.54 Å². The first-order valence-electron chi connectivity index (χ1n) is 9.61. The Morgan fingerprint density at radius 3 is 2.51 bits per heavy atom. The molecule has 2 aromatic rings. The molecular formula is C20H16ClF4N5O4S. The Labute approximate surface area is 203 Å². The van der Waals surface area contributed by atoms with E-state index in [1.807, 2.05) is 0 Å². The molecule has 2 amide bonds. The first-order valence-corrected chi connectivity index (χ1v) is 10.9. The number of alkyl halides is 3. The maximum Gasteiger partial charge on any atom is 0.431 e. The number of nitrogens with two attached hydrogens (primary N) is 1. The number of thioether (sulfide) groups is 1. The number of aromatic nitrogens is 2. The number of hydrogen-bond donors (Lipinski definition) is 1. The van der Waals surface area contributed by atoms with Crippen molar-refractivity contribution in [1.82, 2.24) is 14.0 Å². The van der Waals surface area contributed by atoms with E-state index in [-0.39, 0.29) is 44.0 Å². The van der Waals surface area contributed by atoms with Crippen LogP contribution in [0.3, 0.4) is 0 Å². The van der Waals surface area contributed by atoms with Crippen LogP contribution in [0.1, 0.15) is 12.1 Å². The molecular weight excluding hydrogens is 518 g/mol. The zero-order valence-electron chi connectivity index (χ0n) is 17.8. The number of carbonyl (C=O) groups is 2. The number of primary amides is 1. The van der Waals surface area contributed by atoms with E-state index in [0.29, 0.717) is 0 Å². The summed E-state index contributed by atoms with van der Waals surface area (Å²) in [5, 5.41) is -1.11. The lowest BCUT2D eigenvalue weighted by molar-refractivity contribution is -0.144. The third-order valence-corrected chi connectivity index (χ3v) is 6.28. The van der Waals surface area contributed by atoms with Crippen molar-refractivity contribution in [3.05, 3.63) is 68.2 Å². The van der Waals surface area contributed by atoms with Crippen LogP contribution in [0, 0.1) is 5.82 Å². The summed E-state index contributed by atoms with van der Waals surface area (Å²) in [6.45, 7) is 3.54. The van der Waals surface area contributed by atoms with Crippen LogP contribution in [0.5, 0.6) is 0 Å². The van der Waals surface area contributed by atoms with Crippen LogP contribution in [-0.4, -0.2) is 42.8 Å². The molecule has 3 rings (SSSR count). The zero-order chi connectivity index (χ0) is 26.2. The summed E-state index contributed by atoms with van der Waals surface area (Å²) < 4.78 is 54.4. The Kier molecular flexibility index (Phi) is 7.26. The minimum absolute atomic E-state index is 0.00447.